The molecule has 1 aliphatic heterocycles. The molecule has 0 spiro atoms. The van der Waals surface area contributed by atoms with Gasteiger partial charge in [-0.2, -0.15) is 0 Å². The second kappa shape index (κ2) is 5.36. The summed E-state index contributed by atoms with van der Waals surface area (Å²) in [5, 5.41) is 13.4. The van der Waals surface area contributed by atoms with Gasteiger partial charge in [0.25, 0.3) is 0 Å². The molecule has 2 rings (SSSR count). The molecule has 1 heterocycles. The summed E-state index contributed by atoms with van der Waals surface area (Å²) < 4.78 is 0. The Balaban J connectivity index is 1.78. The van der Waals surface area contributed by atoms with E-state index in [0.29, 0.717) is 0 Å². The Morgan fingerprint density at radius 1 is 1.41 bits per heavy atom. The quantitative estimate of drug-likeness (QED) is 0.770. The molecule has 4 heteroatoms. The summed E-state index contributed by atoms with van der Waals surface area (Å²) in [6.07, 6.45) is 6.45. The van der Waals surface area contributed by atoms with Crippen LogP contribution in [0.4, 0.5) is 0 Å². The maximum atomic E-state index is 11.0. The number of nitrogens with zero attached hydrogens (tertiary/aromatic N) is 1. The highest BCUT2D eigenvalue weighted by Crippen LogP contribution is 2.29. The minimum atomic E-state index is -0.469. The van der Waals surface area contributed by atoms with Gasteiger partial charge in [0.05, 0.1) is 5.60 Å². The van der Waals surface area contributed by atoms with Crippen molar-refractivity contribution in [1.29, 1.82) is 0 Å². The predicted octanol–water partition coefficient (Wildman–Crippen LogP) is 0.892. The number of likely N-dealkylation sites (tertiary alicyclic amines) is 1. The van der Waals surface area contributed by atoms with Crippen molar-refractivity contribution >= 4 is 5.91 Å². The molecule has 1 aliphatic carbocycles. The van der Waals surface area contributed by atoms with E-state index in [1.54, 1.807) is 6.92 Å². The van der Waals surface area contributed by atoms with Gasteiger partial charge in [0.2, 0.25) is 5.91 Å². The first-order valence-corrected chi connectivity index (χ1v) is 6.79. The lowest BCUT2D eigenvalue weighted by molar-refractivity contribution is -0.119. The first kappa shape index (κ1) is 12.8. The zero-order valence-electron chi connectivity index (χ0n) is 10.7. The Hall–Kier alpha value is -0.610. The Morgan fingerprint density at radius 2 is 2.12 bits per heavy atom. The fourth-order valence-electron chi connectivity index (χ4n) is 3.17. The van der Waals surface area contributed by atoms with Crippen LogP contribution in [0.3, 0.4) is 0 Å². The monoisotopic (exact) mass is 240 g/mol. The van der Waals surface area contributed by atoms with Crippen LogP contribution in [-0.4, -0.2) is 47.2 Å². The standard InChI is InChI=1S/C13H24N2O2/c1-11(16)14-12-5-8-15(9-12)10-13(17)6-3-2-4-7-13/h12,17H,2-10H2,1H3,(H,14,16). The molecule has 2 N–H and O–H groups in total. The zero-order valence-corrected chi connectivity index (χ0v) is 10.7. The molecule has 1 unspecified atom stereocenters. The third-order valence-electron chi connectivity index (χ3n) is 3.98. The van der Waals surface area contributed by atoms with Gasteiger partial charge in [-0.3, -0.25) is 9.69 Å². The van der Waals surface area contributed by atoms with Crippen molar-refractivity contribution in [2.45, 2.75) is 57.1 Å². The molecule has 4 nitrogen and oxygen atoms in total. The first-order valence-electron chi connectivity index (χ1n) is 6.79. The molecule has 1 saturated heterocycles. The van der Waals surface area contributed by atoms with Crippen molar-refractivity contribution in [2.24, 2.45) is 0 Å². The number of carbonyl (C=O) groups excluding carboxylic acids is 1. The molecule has 0 aromatic heterocycles. The molecule has 0 aromatic rings. The number of β-amino-alcohol motifs (C(OH)–C–C–N with tert-alkyl or cyclic N) is 1. The molecule has 2 fully saturated rings. The molecule has 0 bridgehead atoms. The van der Waals surface area contributed by atoms with Crippen molar-refractivity contribution in [1.82, 2.24) is 10.2 Å². The number of nitrogens with one attached hydrogen (secondary N) is 1. The highest BCUT2D eigenvalue weighted by Gasteiger charge is 2.34. The van der Waals surface area contributed by atoms with E-state index in [4.69, 9.17) is 0 Å². The Labute approximate surface area is 103 Å². The number of hydrogen-bond acceptors (Lipinski definition) is 3. The molecule has 1 saturated carbocycles. The molecular weight excluding hydrogens is 216 g/mol. The van der Waals surface area contributed by atoms with Gasteiger partial charge in [-0.1, -0.05) is 19.3 Å². The average Bonchev–Trinajstić information content (AvgIpc) is 2.64. The van der Waals surface area contributed by atoms with Gasteiger partial charge in [0, 0.05) is 32.6 Å². The maximum Gasteiger partial charge on any atom is 0.217 e. The molecule has 17 heavy (non-hydrogen) atoms. The van der Waals surface area contributed by atoms with Crippen molar-refractivity contribution < 1.29 is 9.90 Å². The van der Waals surface area contributed by atoms with Crippen LogP contribution < -0.4 is 5.32 Å². The van der Waals surface area contributed by atoms with Crippen molar-refractivity contribution in [3.05, 3.63) is 0 Å². The minimum absolute atomic E-state index is 0.0493. The van der Waals surface area contributed by atoms with Crippen LogP contribution in [0.25, 0.3) is 0 Å². The van der Waals surface area contributed by atoms with E-state index in [1.165, 1.54) is 6.42 Å². The average molecular weight is 240 g/mol. The topological polar surface area (TPSA) is 52.6 Å². The molecule has 0 radical (unpaired) electrons. The SMILES string of the molecule is CC(=O)NC1CCN(CC2(O)CCCCC2)C1. The van der Waals surface area contributed by atoms with Crippen LogP contribution >= 0.6 is 0 Å². The minimum Gasteiger partial charge on any atom is -0.389 e. The molecule has 2 aliphatic rings. The number of carbonyl (C=O) groups is 1. The molecule has 1 atom stereocenters. The summed E-state index contributed by atoms with van der Waals surface area (Å²) in [5.74, 6) is 0.0493. The van der Waals surface area contributed by atoms with Gasteiger partial charge >= 0.3 is 0 Å². The van der Waals surface area contributed by atoms with E-state index in [9.17, 15) is 9.90 Å². The Morgan fingerprint density at radius 3 is 2.76 bits per heavy atom. The first-order chi connectivity index (χ1) is 8.07. The van der Waals surface area contributed by atoms with E-state index in [2.05, 4.69) is 10.2 Å². The highest BCUT2D eigenvalue weighted by molar-refractivity contribution is 5.73. The lowest BCUT2D eigenvalue weighted by Crippen LogP contribution is -2.45. The molecule has 0 aromatic carbocycles. The summed E-state index contributed by atoms with van der Waals surface area (Å²) in [5.41, 5.74) is -0.469. The second-order valence-corrected chi connectivity index (χ2v) is 5.71. The molecule has 1 amide bonds. The smallest absolute Gasteiger partial charge is 0.217 e. The Bertz CT molecular complexity index is 275. The van der Waals surface area contributed by atoms with E-state index >= 15 is 0 Å². The van der Waals surface area contributed by atoms with Gasteiger partial charge in [0.15, 0.2) is 0 Å². The molecular formula is C13H24N2O2. The van der Waals surface area contributed by atoms with Crippen molar-refractivity contribution in [3.63, 3.8) is 0 Å². The van der Waals surface area contributed by atoms with E-state index in [-0.39, 0.29) is 11.9 Å². The van der Waals surface area contributed by atoms with Gasteiger partial charge < -0.3 is 10.4 Å². The maximum absolute atomic E-state index is 11.0. The largest absolute Gasteiger partial charge is 0.389 e. The van der Waals surface area contributed by atoms with Crippen LogP contribution in [0.1, 0.15) is 45.4 Å². The fourth-order valence-corrected chi connectivity index (χ4v) is 3.17. The summed E-state index contributed by atoms with van der Waals surface area (Å²) >= 11 is 0. The normalized spacial score (nSPS) is 29.2. The predicted molar refractivity (Wildman–Crippen MR) is 66.7 cm³/mol. The summed E-state index contributed by atoms with van der Waals surface area (Å²) in [4.78, 5) is 13.3. The van der Waals surface area contributed by atoms with Gasteiger partial charge in [0.1, 0.15) is 0 Å². The van der Waals surface area contributed by atoms with Gasteiger partial charge in [-0.05, 0) is 19.3 Å². The number of hydrogen-bond donors (Lipinski definition) is 2. The Kier molecular flexibility index (Phi) is 4.05. The van der Waals surface area contributed by atoms with Crippen molar-refractivity contribution in [3.8, 4) is 0 Å². The highest BCUT2D eigenvalue weighted by atomic mass is 16.3. The summed E-state index contributed by atoms with van der Waals surface area (Å²) in [6.45, 7) is 4.23. The lowest BCUT2D eigenvalue weighted by atomic mass is 9.84. The molecule has 98 valence electrons. The summed E-state index contributed by atoms with van der Waals surface area (Å²) in [6, 6.07) is 0.277. The second-order valence-electron chi connectivity index (χ2n) is 5.71. The lowest BCUT2D eigenvalue weighted by Gasteiger charge is -2.35. The van der Waals surface area contributed by atoms with E-state index in [0.717, 1.165) is 51.7 Å². The number of aliphatic hydroxyl groups is 1. The number of amides is 1. The fraction of sp³-hybridized carbons (Fsp3) is 0.923. The van der Waals surface area contributed by atoms with Crippen molar-refractivity contribution in [2.75, 3.05) is 19.6 Å². The summed E-state index contributed by atoms with van der Waals surface area (Å²) in [7, 11) is 0. The van der Waals surface area contributed by atoms with Crippen LogP contribution in [0.15, 0.2) is 0 Å². The third-order valence-corrected chi connectivity index (χ3v) is 3.98. The van der Waals surface area contributed by atoms with E-state index < -0.39 is 5.60 Å². The van der Waals surface area contributed by atoms with Crippen LogP contribution in [0.2, 0.25) is 0 Å². The van der Waals surface area contributed by atoms with E-state index in [1.807, 2.05) is 0 Å². The van der Waals surface area contributed by atoms with Crippen LogP contribution in [0.5, 0.6) is 0 Å². The van der Waals surface area contributed by atoms with Gasteiger partial charge in [-0.25, -0.2) is 0 Å². The third kappa shape index (κ3) is 3.68. The zero-order chi connectivity index (χ0) is 12.3. The van der Waals surface area contributed by atoms with Gasteiger partial charge in [-0.15, -0.1) is 0 Å². The number of rotatable bonds is 3. The van der Waals surface area contributed by atoms with Crippen LogP contribution in [-0.2, 0) is 4.79 Å². The van der Waals surface area contributed by atoms with Crippen LogP contribution in [0, 0.1) is 0 Å².